The molecule has 0 amide bonds. The van der Waals surface area contributed by atoms with Gasteiger partial charge in [0.1, 0.15) is 6.10 Å². The molecule has 2 aliphatic rings. The van der Waals surface area contributed by atoms with Gasteiger partial charge in [-0.1, -0.05) is 13.8 Å². The van der Waals surface area contributed by atoms with E-state index in [1.54, 1.807) is 0 Å². The standard InChI is InChI=1S/C14H24O3/c1-4-14(3)7-10-6-11(8-15)9(2)5-12(10)17-13(14)16/h9-12,15H,4-8H2,1-3H3. The van der Waals surface area contributed by atoms with E-state index in [1.165, 1.54) is 0 Å². The highest BCUT2D eigenvalue weighted by Gasteiger charge is 2.48. The maximum Gasteiger partial charge on any atom is 0.312 e. The first kappa shape index (κ1) is 12.9. The second-order valence-electron chi connectivity index (χ2n) is 6.21. The molecule has 0 aromatic heterocycles. The van der Waals surface area contributed by atoms with E-state index in [0.717, 1.165) is 25.7 Å². The Morgan fingerprint density at radius 2 is 2.18 bits per heavy atom. The van der Waals surface area contributed by atoms with Crippen molar-refractivity contribution < 1.29 is 14.6 Å². The number of ether oxygens (including phenoxy) is 1. The third-order valence-corrected chi connectivity index (χ3v) is 5.02. The summed E-state index contributed by atoms with van der Waals surface area (Å²) in [7, 11) is 0. The van der Waals surface area contributed by atoms with Crippen molar-refractivity contribution in [2.45, 2.75) is 52.6 Å². The lowest BCUT2D eigenvalue weighted by Crippen LogP contribution is -2.48. The molecule has 1 aliphatic heterocycles. The van der Waals surface area contributed by atoms with Crippen molar-refractivity contribution in [3.05, 3.63) is 0 Å². The Bertz CT molecular complexity index is 302. The van der Waals surface area contributed by atoms with E-state index in [0.29, 0.717) is 17.8 Å². The quantitative estimate of drug-likeness (QED) is 0.754. The molecule has 1 N–H and O–H groups in total. The SMILES string of the molecule is CCC1(C)CC2CC(CO)C(C)CC2OC1=O. The van der Waals surface area contributed by atoms with Gasteiger partial charge in [0.05, 0.1) is 5.41 Å². The Balaban J connectivity index is 2.11. The van der Waals surface area contributed by atoms with Gasteiger partial charge in [-0.05, 0) is 50.4 Å². The molecule has 0 aromatic rings. The van der Waals surface area contributed by atoms with Crippen LogP contribution >= 0.6 is 0 Å². The zero-order chi connectivity index (χ0) is 12.6. The van der Waals surface area contributed by atoms with E-state index >= 15 is 0 Å². The van der Waals surface area contributed by atoms with Gasteiger partial charge in [-0.25, -0.2) is 0 Å². The summed E-state index contributed by atoms with van der Waals surface area (Å²) in [5.41, 5.74) is -0.304. The van der Waals surface area contributed by atoms with Crippen LogP contribution in [0.1, 0.15) is 46.5 Å². The normalized spacial score (nSPS) is 46.2. The lowest BCUT2D eigenvalue weighted by molar-refractivity contribution is -0.183. The zero-order valence-electron chi connectivity index (χ0n) is 11.1. The summed E-state index contributed by atoms with van der Waals surface area (Å²) in [6.07, 6.45) is 3.79. The lowest BCUT2D eigenvalue weighted by atomic mass is 9.65. The van der Waals surface area contributed by atoms with Gasteiger partial charge in [0, 0.05) is 6.61 Å². The van der Waals surface area contributed by atoms with E-state index in [-0.39, 0.29) is 24.1 Å². The summed E-state index contributed by atoms with van der Waals surface area (Å²) in [5.74, 6) is 1.27. The minimum absolute atomic E-state index is 0.0177. The predicted octanol–water partition coefficient (Wildman–Crippen LogP) is 2.37. The van der Waals surface area contributed by atoms with Crippen LogP contribution < -0.4 is 0 Å². The predicted molar refractivity (Wildman–Crippen MR) is 65.4 cm³/mol. The first-order valence-corrected chi connectivity index (χ1v) is 6.82. The molecule has 5 atom stereocenters. The average molecular weight is 240 g/mol. The molecule has 0 aromatic carbocycles. The van der Waals surface area contributed by atoms with Crippen LogP contribution in [0.4, 0.5) is 0 Å². The summed E-state index contributed by atoms with van der Waals surface area (Å²) in [4.78, 5) is 12.0. The van der Waals surface area contributed by atoms with E-state index < -0.39 is 0 Å². The molecule has 1 saturated heterocycles. The molecular formula is C14H24O3. The van der Waals surface area contributed by atoms with Crippen molar-refractivity contribution in [2.75, 3.05) is 6.61 Å². The van der Waals surface area contributed by atoms with E-state index in [2.05, 4.69) is 13.8 Å². The number of hydrogen-bond acceptors (Lipinski definition) is 3. The number of esters is 1. The van der Waals surface area contributed by atoms with Gasteiger partial charge in [0.2, 0.25) is 0 Å². The second-order valence-corrected chi connectivity index (χ2v) is 6.21. The molecule has 5 unspecified atom stereocenters. The van der Waals surface area contributed by atoms with Crippen LogP contribution in [-0.4, -0.2) is 23.8 Å². The van der Waals surface area contributed by atoms with E-state index in [1.807, 2.05) is 6.92 Å². The van der Waals surface area contributed by atoms with Crippen molar-refractivity contribution in [1.29, 1.82) is 0 Å². The first-order chi connectivity index (χ1) is 8.00. The highest BCUT2D eigenvalue weighted by atomic mass is 16.5. The summed E-state index contributed by atoms with van der Waals surface area (Å²) in [6, 6.07) is 0. The fourth-order valence-electron chi connectivity index (χ4n) is 3.37. The average Bonchev–Trinajstić information content (AvgIpc) is 2.31. The molecule has 0 spiro atoms. The summed E-state index contributed by atoms with van der Waals surface area (Å²) >= 11 is 0. The number of fused-ring (bicyclic) bond motifs is 1. The maximum absolute atomic E-state index is 12.0. The topological polar surface area (TPSA) is 46.5 Å². The van der Waals surface area contributed by atoms with Crippen molar-refractivity contribution in [3.63, 3.8) is 0 Å². The summed E-state index contributed by atoms with van der Waals surface area (Å²) in [5, 5.41) is 9.38. The monoisotopic (exact) mass is 240 g/mol. The highest BCUT2D eigenvalue weighted by Crippen LogP contribution is 2.46. The van der Waals surface area contributed by atoms with Crippen molar-refractivity contribution in [1.82, 2.24) is 0 Å². The van der Waals surface area contributed by atoms with Crippen molar-refractivity contribution >= 4 is 5.97 Å². The number of hydrogen-bond donors (Lipinski definition) is 1. The Labute approximate surface area is 104 Å². The summed E-state index contributed by atoms with van der Waals surface area (Å²) < 4.78 is 5.64. The molecule has 98 valence electrons. The largest absolute Gasteiger partial charge is 0.462 e. The maximum atomic E-state index is 12.0. The minimum Gasteiger partial charge on any atom is -0.462 e. The Hall–Kier alpha value is -0.570. The van der Waals surface area contributed by atoms with Crippen LogP contribution in [0.5, 0.6) is 0 Å². The fraction of sp³-hybridized carbons (Fsp3) is 0.929. The molecule has 1 saturated carbocycles. The third kappa shape index (κ3) is 2.22. The molecule has 1 aliphatic carbocycles. The number of carbonyl (C=O) groups excluding carboxylic acids is 1. The Morgan fingerprint density at radius 3 is 2.76 bits per heavy atom. The molecule has 3 nitrogen and oxygen atoms in total. The molecule has 0 radical (unpaired) electrons. The highest BCUT2D eigenvalue weighted by molar-refractivity contribution is 5.77. The van der Waals surface area contributed by atoms with Crippen LogP contribution in [0, 0.1) is 23.2 Å². The molecule has 3 heteroatoms. The van der Waals surface area contributed by atoms with Gasteiger partial charge >= 0.3 is 5.97 Å². The minimum atomic E-state index is -0.304. The third-order valence-electron chi connectivity index (χ3n) is 5.02. The van der Waals surface area contributed by atoms with Crippen LogP contribution in [0.25, 0.3) is 0 Å². The van der Waals surface area contributed by atoms with E-state index in [4.69, 9.17) is 4.74 Å². The number of aliphatic hydroxyl groups is 1. The molecule has 1 heterocycles. The van der Waals surface area contributed by atoms with Crippen LogP contribution in [0.15, 0.2) is 0 Å². The van der Waals surface area contributed by atoms with Crippen LogP contribution in [-0.2, 0) is 9.53 Å². The fourth-order valence-corrected chi connectivity index (χ4v) is 3.37. The van der Waals surface area contributed by atoms with Crippen molar-refractivity contribution in [3.8, 4) is 0 Å². The van der Waals surface area contributed by atoms with Gasteiger partial charge < -0.3 is 9.84 Å². The van der Waals surface area contributed by atoms with E-state index in [9.17, 15) is 9.90 Å². The summed E-state index contributed by atoms with van der Waals surface area (Å²) in [6.45, 7) is 6.48. The van der Waals surface area contributed by atoms with Gasteiger partial charge in [0.25, 0.3) is 0 Å². The molecule has 0 bridgehead atoms. The number of aliphatic hydroxyl groups excluding tert-OH is 1. The molecular weight excluding hydrogens is 216 g/mol. The smallest absolute Gasteiger partial charge is 0.312 e. The number of rotatable bonds is 2. The Morgan fingerprint density at radius 1 is 1.47 bits per heavy atom. The Kier molecular flexibility index (Phi) is 3.48. The van der Waals surface area contributed by atoms with Gasteiger partial charge in [0.15, 0.2) is 0 Å². The number of carbonyl (C=O) groups is 1. The van der Waals surface area contributed by atoms with Crippen LogP contribution in [0.3, 0.4) is 0 Å². The van der Waals surface area contributed by atoms with Gasteiger partial charge in [-0.3, -0.25) is 4.79 Å². The van der Waals surface area contributed by atoms with Gasteiger partial charge in [-0.2, -0.15) is 0 Å². The lowest BCUT2D eigenvalue weighted by Gasteiger charge is -2.46. The molecule has 2 fully saturated rings. The second kappa shape index (κ2) is 4.60. The zero-order valence-corrected chi connectivity index (χ0v) is 11.1. The molecule has 2 rings (SSSR count). The van der Waals surface area contributed by atoms with Crippen molar-refractivity contribution in [2.24, 2.45) is 23.2 Å². The molecule has 17 heavy (non-hydrogen) atoms. The first-order valence-electron chi connectivity index (χ1n) is 6.82. The van der Waals surface area contributed by atoms with Crippen LogP contribution in [0.2, 0.25) is 0 Å². The van der Waals surface area contributed by atoms with Gasteiger partial charge in [-0.15, -0.1) is 0 Å².